The van der Waals surface area contributed by atoms with Crippen molar-refractivity contribution in [3.8, 4) is 0 Å². The van der Waals surface area contributed by atoms with Crippen molar-refractivity contribution in [2.24, 2.45) is 0 Å². The average Bonchev–Trinajstić information content (AvgIpc) is 2.89. The number of carbonyl (C=O) groups is 1. The fraction of sp³-hybridized carbons (Fsp3) is 0.714. The lowest BCUT2D eigenvalue weighted by Gasteiger charge is -2.24. The maximum atomic E-state index is 12.2. The third-order valence-corrected chi connectivity index (χ3v) is 3.48. The number of hydrogen-bond donors (Lipinski definition) is 1. The van der Waals surface area contributed by atoms with Crippen LogP contribution in [0.4, 0.5) is 4.79 Å². The zero-order valence-corrected chi connectivity index (χ0v) is 13.3. The Hall–Kier alpha value is -1.56. The highest BCUT2D eigenvalue weighted by Gasteiger charge is 2.14. The highest BCUT2D eigenvalue weighted by molar-refractivity contribution is 5.74. The van der Waals surface area contributed by atoms with Crippen LogP contribution >= 0.6 is 0 Å². The molecule has 0 saturated carbocycles. The summed E-state index contributed by atoms with van der Waals surface area (Å²) in [7, 11) is 4.01. The van der Waals surface area contributed by atoms with Crippen molar-refractivity contribution in [2.45, 2.75) is 39.9 Å². The van der Waals surface area contributed by atoms with Crippen molar-refractivity contribution in [3.63, 3.8) is 0 Å². The Labute approximate surface area is 121 Å². The third-order valence-electron chi connectivity index (χ3n) is 3.48. The summed E-state index contributed by atoms with van der Waals surface area (Å²) in [6.45, 7) is 8.89. The molecule has 1 atom stereocenters. The first-order valence-corrected chi connectivity index (χ1v) is 7.18. The molecule has 2 amide bonds. The first kappa shape index (κ1) is 16.5. The number of amides is 2. The number of aryl methyl sites for hydroxylation is 1. The fourth-order valence-electron chi connectivity index (χ4n) is 1.74. The summed E-state index contributed by atoms with van der Waals surface area (Å²) < 4.78 is 1.87. The van der Waals surface area contributed by atoms with Crippen LogP contribution in [0, 0.1) is 0 Å². The van der Waals surface area contributed by atoms with Crippen LogP contribution in [0.3, 0.4) is 0 Å². The van der Waals surface area contributed by atoms with Gasteiger partial charge in [0.2, 0.25) is 0 Å². The molecule has 6 heteroatoms. The number of hydrogen-bond acceptors (Lipinski definition) is 3. The lowest BCUT2D eigenvalue weighted by molar-refractivity contribution is 0.193. The highest BCUT2D eigenvalue weighted by atomic mass is 16.2. The Morgan fingerprint density at radius 2 is 2.15 bits per heavy atom. The molecule has 1 N–H and O–H groups in total. The van der Waals surface area contributed by atoms with E-state index in [2.05, 4.69) is 22.2 Å². The first-order chi connectivity index (χ1) is 9.47. The largest absolute Gasteiger partial charge is 0.336 e. The fourth-order valence-corrected chi connectivity index (χ4v) is 1.74. The minimum Gasteiger partial charge on any atom is -0.336 e. The Kier molecular flexibility index (Phi) is 6.51. The average molecular weight is 281 g/mol. The number of nitrogens with zero attached hydrogens (tertiary/aromatic N) is 4. The molecule has 0 aliphatic rings. The van der Waals surface area contributed by atoms with E-state index in [0.717, 1.165) is 12.1 Å². The van der Waals surface area contributed by atoms with Crippen LogP contribution in [0.15, 0.2) is 12.4 Å². The van der Waals surface area contributed by atoms with E-state index in [1.54, 1.807) is 4.90 Å². The van der Waals surface area contributed by atoms with Crippen molar-refractivity contribution in [1.29, 1.82) is 0 Å². The number of urea groups is 1. The van der Waals surface area contributed by atoms with Crippen molar-refractivity contribution in [2.75, 3.05) is 27.2 Å². The Balaban J connectivity index is 2.50. The van der Waals surface area contributed by atoms with Crippen LogP contribution in [-0.2, 0) is 13.1 Å². The van der Waals surface area contributed by atoms with Gasteiger partial charge >= 0.3 is 6.03 Å². The second kappa shape index (κ2) is 7.89. The van der Waals surface area contributed by atoms with Crippen LogP contribution in [0.2, 0.25) is 0 Å². The molecule has 6 nitrogen and oxygen atoms in total. The molecule has 0 aliphatic carbocycles. The van der Waals surface area contributed by atoms with E-state index in [1.165, 1.54) is 0 Å². The van der Waals surface area contributed by atoms with Gasteiger partial charge in [0.05, 0.1) is 12.7 Å². The maximum Gasteiger partial charge on any atom is 0.317 e. The number of carbonyl (C=O) groups excluding carboxylic acids is 1. The van der Waals surface area contributed by atoms with Crippen LogP contribution in [0.25, 0.3) is 0 Å². The predicted octanol–water partition coefficient (Wildman–Crippen LogP) is 1.38. The Morgan fingerprint density at radius 3 is 2.65 bits per heavy atom. The first-order valence-electron chi connectivity index (χ1n) is 7.18. The van der Waals surface area contributed by atoms with E-state index in [-0.39, 0.29) is 6.03 Å². The normalized spacial score (nSPS) is 12.5. The Morgan fingerprint density at radius 1 is 1.45 bits per heavy atom. The van der Waals surface area contributed by atoms with Crippen LogP contribution in [0.1, 0.15) is 26.3 Å². The summed E-state index contributed by atoms with van der Waals surface area (Å²) in [5.74, 6) is 0. The van der Waals surface area contributed by atoms with Crippen LogP contribution in [0.5, 0.6) is 0 Å². The number of rotatable bonds is 7. The minimum absolute atomic E-state index is 0.0227. The van der Waals surface area contributed by atoms with Gasteiger partial charge in [-0.15, -0.1) is 0 Å². The summed E-state index contributed by atoms with van der Waals surface area (Å²) in [4.78, 5) is 16.0. The second-order valence-electron chi connectivity index (χ2n) is 5.22. The van der Waals surface area contributed by atoms with E-state index in [9.17, 15) is 4.79 Å². The number of likely N-dealkylation sites (N-methyl/N-ethyl adjacent to an activating group) is 1. The van der Waals surface area contributed by atoms with Gasteiger partial charge in [0.1, 0.15) is 0 Å². The molecule has 114 valence electrons. The summed E-state index contributed by atoms with van der Waals surface area (Å²) in [5, 5.41) is 7.20. The molecule has 0 aromatic carbocycles. The monoisotopic (exact) mass is 281 g/mol. The zero-order chi connectivity index (χ0) is 15.1. The molecule has 1 unspecified atom stereocenters. The lowest BCUT2D eigenvalue weighted by atomic mass is 10.3. The quantitative estimate of drug-likeness (QED) is 0.821. The SMILES string of the molecule is CCN(Cc1cnn(CC)c1)C(=O)NCC(C)N(C)C. The van der Waals surface area contributed by atoms with Crippen LogP contribution < -0.4 is 5.32 Å². The molecular formula is C14H27N5O. The lowest BCUT2D eigenvalue weighted by Crippen LogP contribution is -2.44. The second-order valence-corrected chi connectivity index (χ2v) is 5.22. The molecule has 1 rings (SSSR count). The van der Waals surface area contributed by atoms with Gasteiger partial charge in [0.25, 0.3) is 0 Å². The molecule has 0 fully saturated rings. The standard InChI is InChI=1S/C14H27N5O/c1-6-18(10-13-9-16-19(7-2)11-13)14(20)15-8-12(3)17(4)5/h9,11-12H,6-8,10H2,1-5H3,(H,15,20). The molecule has 0 radical (unpaired) electrons. The number of aromatic nitrogens is 2. The smallest absolute Gasteiger partial charge is 0.317 e. The van der Waals surface area contributed by atoms with Gasteiger partial charge in [-0.3, -0.25) is 4.68 Å². The molecule has 1 aromatic heterocycles. The molecule has 1 aromatic rings. The zero-order valence-electron chi connectivity index (χ0n) is 13.3. The van der Waals surface area contributed by atoms with E-state index in [0.29, 0.717) is 25.7 Å². The van der Waals surface area contributed by atoms with E-state index in [4.69, 9.17) is 0 Å². The molecule has 20 heavy (non-hydrogen) atoms. The van der Waals surface area contributed by atoms with Gasteiger partial charge in [-0.2, -0.15) is 5.10 Å². The molecule has 0 bridgehead atoms. The highest BCUT2D eigenvalue weighted by Crippen LogP contribution is 2.04. The Bertz CT molecular complexity index is 415. The minimum atomic E-state index is -0.0227. The van der Waals surface area contributed by atoms with Crippen molar-refractivity contribution < 1.29 is 4.79 Å². The van der Waals surface area contributed by atoms with Gasteiger partial charge in [-0.05, 0) is 34.9 Å². The predicted molar refractivity (Wildman–Crippen MR) is 80.5 cm³/mol. The van der Waals surface area contributed by atoms with Crippen molar-refractivity contribution in [1.82, 2.24) is 24.9 Å². The topological polar surface area (TPSA) is 53.4 Å². The van der Waals surface area contributed by atoms with Gasteiger partial charge in [-0.25, -0.2) is 4.79 Å². The maximum absolute atomic E-state index is 12.2. The molecular weight excluding hydrogens is 254 g/mol. The van der Waals surface area contributed by atoms with E-state index in [1.807, 2.05) is 45.0 Å². The molecule has 0 saturated heterocycles. The van der Waals surface area contributed by atoms with Crippen molar-refractivity contribution >= 4 is 6.03 Å². The van der Waals surface area contributed by atoms with Gasteiger partial charge in [0, 0.05) is 37.4 Å². The summed E-state index contributed by atoms with van der Waals surface area (Å²) in [5.41, 5.74) is 1.06. The third kappa shape index (κ3) is 4.85. The summed E-state index contributed by atoms with van der Waals surface area (Å²) >= 11 is 0. The summed E-state index contributed by atoms with van der Waals surface area (Å²) in [6.07, 6.45) is 3.81. The van der Waals surface area contributed by atoms with Crippen molar-refractivity contribution in [3.05, 3.63) is 18.0 Å². The van der Waals surface area contributed by atoms with Gasteiger partial charge < -0.3 is 15.1 Å². The van der Waals surface area contributed by atoms with E-state index >= 15 is 0 Å². The molecule has 0 aliphatic heterocycles. The molecule has 0 spiro atoms. The van der Waals surface area contributed by atoms with Gasteiger partial charge in [0.15, 0.2) is 0 Å². The molecule has 1 heterocycles. The van der Waals surface area contributed by atoms with Gasteiger partial charge in [-0.1, -0.05) is 0 Å². The summed E-state index contributed by atoms with van der Waals surface area (Å²) in [6, 6.07) is 0.297. The van der Waals surface area contributed by atoms with E-state index < -0.39 is 0 Å². The number of nitrogens with one attached hydrogen (secondary N) is 1. The van der Waals surface area contributed by atoms with Crippen LogP contribution in [-0.4, -0.2) is 58.8 Å².